The molecule has 1 amide bonds. The molecule has 132 valence electrons. The molecule has 2 heterocycles. The molecule has 1 N–H and O–H groups in total. The molecule has 0 spiro atoms. The van der Waals surface area contributed by atoms with Crippen molar-refractivity contribution in [3.05, 3.63) is 76.7 Å². The van der Waals surface area contributed by atoms with Crippen molar-refractivity contribution in [3.8, 4) is 0 Å². The maximum absolute atomic E-state index is 13.0. The lowest BCUT2D eigenvalue weighted by atomic mass is 9.64. The van der Waals surface area contributed by atoms with Crippen molar-refractivity contribution in [1.29, 1.82) is 0 Å². The first-order chi connectivity index (χ1) is 12.7. The molecule has 1 aliphatic carbocycles. The Kier molecular flexibility index (Phi) is 4.59. The fourth-order valence-electron chi connectivity index (χ4n) is 3.36. The number of carbonyl (C=O) groups excluding carboxylic acids is 1. The van der Waals surface area contributed by atoms with Gasteiger partial charge in [-0.05, 0) is 42.7 Å². The highest BCUT2D eigenvalue weighted by Crippen LogP contribution is 2.44. The van der Waals surface area contributed by atoms with Crippen LogP contribution in [0.25, 0.3) is 0 Å². The first-order valence-electron chi connectivity index (χ1n) is 8.67. The van der Waals surface area contributed by atoms with Crippen LogP contribution in [0.1, 0.15) is 30.5 Å². The third kappa shape index (κ3) is 3.29. The third-order valence-electron chi connectivity index (χ3n) is 4.97. The molecule has 2 aromatic heterocycles. The second kappa shape index (κ2) is 7.03. The first kappa shape index (κ1) is 17.0. The van der Waals surface area contributed by atoms with E-state index in [4.69, 9.17) is 0 Å². The molecule has 1 saturated carbocycles. The fraction of sp³-hybridized carbons (Fsp3) is 0.250. The quantitative estimate of drug-likeness (QED) is 0.686. The van der Waals surface area contributed by atoms with E-state index in [1.54, 1.807) is 10.9 Å². The molecule has 0 aliphatic heterocycles. The number of pyridine rings is 1. The Labute approximate surface area is 160 Å². The molecule has 0 radical (unpaired) electrons. The summed E-state index contributed by atoms with van der Waals surface area (Å²) in [4.78, 5) is 17.3. The molecular formula is C20H19BrN4O. The lowest BCUT2D eigenvalue weighted by Crippen LogP contribution is -2.46. The minimum absolute atomic E-state index is 0.0224. The number of nitrogens with zero attached hydrogens (tertiary/aromatic N) is 3. The van der Waals surface area contributed by atoms with E-state index in [0.29, 0.717) is 12.4 Å². The summed E-state index contributed by atoms with van der Waals surface area (Å²) in [6.45, 7) is 0.578. The Bertz CT molecular complexity index is 901. The van der Waals surface area contributed by atoms with Gasteiger partial charge in [-0.3, -0.25) is 14.5 Å². The fourth-order valence-corrected chi connectivity index (χ4v) is 3.62. The average molecular weight is 411 g/mol. The molecule has 26 heavy (non-hydrogen) atoms. The Morgan fingerprint density at radius 1 is 1.15 bits per heavy atom. The summed E-state index contributed by atoms with van der Waals surface area (Å²) in [6, 6.07) is 15.7. The Hall–Kier alpha value is -2.47. The van der Waals surface area contributed by atoms with Gasteiger partial charge in [0.05, 0.1) is 17.7 Å². The van der Waals surface area contributed by atoms with Gasteiger partial charge in [0.2, 0.25) is 5.91 Å². The number of benzene rings is 1. The number of halogens is 1. The van der Waals surface area contributed by atoms with E-state index in [1.807, 2.05) is 54.7 Å². The van der Waals surface area contributed by atoms with Gasteiger partial charge in [0.15, 0.2) is 5.82 Å². The molecule has 6 heteroatoms. The molecule has 4 rings (SSSR count). The molecule has 3 aromatic rings. The van der Waals surface area contributed by atoms with Crippen molar-refractivity contribution in [3.63, 3.8) is 0 Å². The van der Waals surface area contributed by atoms with Crippen LogP contribution < -0.4 is 5.32 Å². The van der Waals surface area contributed by atoms with E-state index in [-0.39, 0.29) is 5.91 Å². The largest absolute Gasteiger partial charge is 0.308 e. The predicted molar refractivity (Wildman–Crippen MR) is 104 cm³/mol. The molecule has 0 unspecified atom stereocenters. The molecule has 5 nitrogen and oxygen atoms in total. The van der Waals surface area contributed by atoms with Gasteiger partial charge in [0.25, 0.3) is 0 Å². The molecule has 0 bridgehead atoms. The van der Waals surface area contributed by atoms with Crippen LogP contribution >= 0.6 is 15.9 Å². The van der Waals surface area contributed by atoms with Crippen LogP contribution in [0.3, 0.4) is 0 Å². The number of anilines is 1. The van der Waals surface area contributed by atoms with Gasteiger partial charge in [0.1, 0.15) is 0 Å². The highest BCUT2D eigenvalue weighted by molar-refractivity contribution is 9.10. The van der Waals surface area contributed by atoms with Gasteiger partial charge in [-0.2, -0.15) is 5.10 Å². The summed E-state index contributed by atoms with van der Waals surface area (Å²) < 4.78 is 2.80. The van der Waals surface area contributed by atoms with Crippen molar-refractivity contribution in [2.75, 3.05) is 5.32 Å². The Morgan fingerprint density at radius 2 is 1.96 bits per heavy atom. The minimum atomic E-state index is -0.439. The smallest absolute Gasteiger partial charge is 0.236 e. The molecule has 1 aromatic carbocycles. The highest BCUT2D eigenvalue weighted by Gasteiger charge is 2.45. The van der Waals surface area contributed by atoms with E-state index >= 15 is 0 Å². The number of nitrogens with one attached hydrogen (secondary N) is 1. The molecular weight excluding hydrogens is 392 g/mol. The van der Waals surface area contributed by atoms with Crippen LogP contribution in [0.15, 0.2) is 65.4 Å². The second-order valence-electron chi connectivity index (χ2n) is 6.62. The van der Waals surface area contributed by atoms with Crippen LogP contribution in [0.2, 0.25) is 0 Å². The van der Waals surface area contributed by atoms with E-state index in [2.05, 4.69) is 31.3 Å². The van der Waals surface area contributed by atoms with E-state index in [1.165, 1.54) is 0 Å². The summed E-state index contributed by atoms with van der Waals surface area (Å²) in [5, 5.41) is 7.46. The average Bonchev–Trinajstić information content (AvgIpc) is 3.03. The Balaban J connectivity index is 1.48. The molecule has 0 atom stereocenters. The maximum Gasteiger partial charge on any atom is 0.236 e. The number of carbonyl (C=O) groups is 1. The van der Waals surface area contributed by atoms with E-state index < -0.39 is 5.41 Å². The zero-order valence-corrected chi connectivity index (χ0v) is 15.8. The number of hydrogen-bond donors (Lipinski definition) is 1. The first-order valence-corrected chi connectivity index (χ1v) is 9.46. The minimum Gasteiger partial charge on any atom is -0.308 e. The Morgan fingerprint density at radius 3 is 2.62 bits per heavy atom. The van der Waals surface area contributed by atoms with E-state index in [0.717, 1.165) is 35.0 Å². The number of rotatable bonds is 5. The third-order valence-corrected chi connectivity index (χ3v) is 5.50. The van der Waals surface area contributed by atoms with Gasteiger partial charge in [-0.25, -0.2) is 0 Å². The summed E-state index contributed by atoms with van der Waals surface area (Å²) in [5.41, 5.74) is 1.56. The van der Waals surface area contributed by atoms with Gasteiger partial charge >= 0.3 is 0 Å². The number of aromatic nitrogens is 3. The van der Waals surface area contributed by atoms with Crippen molar-refractivity contribution in [2.24, 2.45) is 0 Å². The van der Waals surface area contributed by atoms with Crippen molar-refractivity contribution < 1.29 is 4.79 Å². The van der Waals surface area contributed by atoms with Crippen molar-refractivity contribution >= 4 is 27.7 Å². The highest BCUT2D eigenvalue weighted by atomic mass is 79.9. The lowest BCUT2D eigenvalue weighted by Gasteiger charge is -2.40. The monoisotopic (exact) mass is 410 g/mol. The van der Waals surface area contributed by atoms with Gasteiger partial charge < -0.3 is 5.32 Å². The summed E-state index contributed by atoms with van der Waals surface area (Å²) >= 11 is 3.45. The van der Waals surface area contributed by atoms with Crippen molar-refractivity contribution in [2.45, 2.75) is 31.2 Å². The second-order valence-corrected chi connectivity index (χ2v) is 7.53. The lowest BCUT2D eigenvalue weighted by molar-refractivity contribution is -0.124. The van der Waals surface area contributed by atoms with Crippen LogP contribution in [-0.4, -0.2) is 20.7 Å². The summed E-state index contributed by atoms with van der Waals surface area (Å²) in [6.07, 6.45) is 6.43. The molecule has 1 aliphatic rings. The van der Waals surface area contributed by atoms with Crippen LogP contribution in [0, 0.1) is 0 Å². The topological polar surface area (TPSA) is 59.8 Å². The van der Waals surface area contributed by atoms with Gasteiger partial charge in [0, 0.05) is 22.9 Å². The number of amides is 1. The zero-order valence-electron chi connectivity index (χ0n) is 14.2. The van der Waals surface area contributed by atoms with Crippen LogP contribution in [0.4, 0.5) is 5.82 Å². The van der Waals surface area contributed by atoms with Gasteiger partial charge in [-0.1, -0.05) is 40.5 Å². The van der Waals surface area contributed by atoms with E-state index in [9.17, 15) is 4.79 Å². The van der Waals surface area contributed by atoms with Crippen LogP contribution in [-0.2, 0) is 16.8 Å². The van der Waals surface area contributed by atoms with Gasteiger partial charge in [-0.15, -0.1) is 0 Å². The standard InChI is InChI=1S/C20H19BrN4O/c21-16-7-5-15(6-8-16)20(10-3-11-20)19(26)23-18-9-13-25(24-18)14-17-4-1-2-12-22-17/h1-2,4-9,12-13H,3,10-11,14H2,(H,23,24,26). The number of hydrogen-bond acceptors (Lipinski definition) is 3. The zero-order chi connectivity index (χ0) is 18.0. The summed E-state index contributed by atoms with van der Waals surface area (Å²) in [7, 11) is 0. The van der Waals surface area contributed by atoms with Crippen molar-refractivity contribution in [1.82, 2.24) is 14.8 Å². The predicted octanol–water partition coefficient (Wildman–Crippen LogP) is 4.15. The molecule has 0 saturated heterocycles. The molecule has 1 fully saturated rings. The SMILES string of the molecule is O=C(Nc1ccn(Cc2ccccn2)n1)C1(c2ccc(Br)cc2)CCC1. The van der Waals surface area contributed by atoms with Crippen LogP contribution in [0.5, 0.6) is 0 Å². The normalized spacial score (nSPS) is 15.3. The summed E-state index contributed by atoms with van der Waals surface area (Å²) in [5.74, 6) is 0.600. The maximum atomic E-state index is 13.0.